The second-order valence-electron chi connectivity index (χ2n) is 5.86. The van der Waals surface area contributed by atoms with Gasteiger partial charge in [0.1, 0.15) is 5.82 Å². The molecule has 0 fully saturated rings. The van der Waals surface area contributed by atoms with Gasteiger partial charge >= 0.3 is 0 Å². The van der Waals surface area contributed by atoms with E-state index in [9.17, 15) is 0 Å². The molecule has 3 nitrogen and oxygen atoms in total. The fourth-order valence-corrected chi connectivity index (χ4v) is 3.26. The maximum absolute atomic E-state index is 5.99. The fraction of sp³-hybridized carbons (Fsp3) is 0.467. The molecule has 0 bridgehead atoms. The maximum atomic E-state index is 5.99. The molecule has 0 saturated carbocycles. The molecule has 0 radical (unpaired) electrons. The number of nitrogens with zero attached hydrogens (tertiary/aromatic N) is 2. The number of aromatic nitrogens is 2. The summed E-state index contributed by atoms with van der Waals surface area (Å²) in [6.45, 7) is 8.76. The molecule has 2 aromatic rings. The number of thiophene rings is 1. The molecule has 0 aliphatic rings. The summed E-state index contributed by atoms with van der Waals surface area (Å²) < 4.78 is 0.829. The van der Waals surface area contributed by atoms with Crippen molar-refractivity contribution in [2.45, 2.75) is 46.0 Å². The summed E-state index contributed by atoms with van der Waals surface area (Å²) in [4.78, 5) is 11.5. The number of hydrogen-bond donors (Lipinski definition) is 1. The highest BCUT2D eigenvalue weighted by Gasteiger charge is 2.18. The van der Waals surface area contributed by atoms with Crippen LogP contribution in [0.15, 0.2) is 16.6 Å². The van der Waals surface area contributed by atoms with Gasteiger partial charge in [-0.15, -0.1) is 11.3 Å². The monoisotopic (exact) mass is 353 g/mol. The molecule has 0 saturated heterocycles. The second kappa shape index (κ2) is 5.82. The molecule has 2 N–H and O–H groups in total. The van der Waals surface area contributed by atoms with E-state index in [1.807, 2.05) is 0 Å². The number of rotatable bonds is 3. The van der Waals surface area contributed by atoms with Crippen LogP contribution in [0.25, 0.3) is 10.7 Å². The van der Waals surface area contributed by atoms with Crippen LogP contribution in [0.4, 0.5) is 5.82 Å². The zero-order chi connectivity index (χ0) is 14.9. The molecular weight excluding hydrogens is 334 g/mol. The Morgan fingerprint density at radius 1 is 1.25 bits per heavy atom. The van der Waals surface area contributed by atoms with Gasteiger partial charge < -0.3 is 5.73 Å². The summed E-state index contributed by atoms with van der Waals surface area (Å²) >= 11 is 5.22. The van der Waals surface area contributed by atoms with Crippen LogP contribution >= 0.6 is 27.3 Å². The van der Waals surface area contributed by atoms with Crippen LogP contribution < -0.4 is 5.73 Å². The van der Waals surface area contributed by atoms with E-state index in [1.54, 1.807) is 11.3 Å². The van der Waals surface area contributed by atoms with Crippen molar-refractivity contribution in [3.8, 4) is 10.7 Å². The van der Waals surface area contributed by atoms with Gasteiger partial charge in [-0.1, -0.05) is 34.1 Å². The van der Waals surface area contributed by atoms with E-state index in [-0.39, 0.29) is 5.41 Å². The lowest BCUT2D eigenvalue weighted by Crippen LogP contribution is -2.07. The molecule has 0 atom stereocenters. The summed E-state index contributed by atoms with van der Waals surface area (Å²) in [5.41, 5.74) is 7.12. The van der Waals surface area contributed by atoms with Gasteiger partial charge in [0.2, 0.25) is 0 Å². The molecular formula is C15H20BrN3S. The molecule has 108 valence electrons. The number of hydrogen-bond acceptors (Lipinski definition) is 4. The third-order valence-corrected chi connectivity index (χ3v) is 5.37. The molecule has 0 aliphatic carbocycles. The van der Waals surface area contributed by atoms with Crippen molar-refractivity contribution < 1.29 is 0 Å². The van der Waals surface area contributed by atoms with E-state index in [2.05, 4.69) is 65.7 Å². The first-order valence-corrected chi connectivity index (χ1v) is 8.36. The lowest BCUT2D eigenvalue weighted by molar-refractivity contribution is 0.604. The summed E-state index contributed by atoms with van der Waals surface area (Å²) in [6, 6.07) is 4.24. The van der Waals surface area contributed by atoms with Gasteiger partial charge in [-0.3, -0.25) is 0 Å². The van der Waals surface area contributed by atoms with Crippen LogP contribution in [-0.4, -0.2) is 9.97 Å². The summed E-state index contributed by atoms with van der Waals surface area (Å²) in [5.74, 6) is 1.25. The minimum Gasteiger partial charge on any atom is -0.383 e. The topological polar surface area (TPSA) is 51.8 Å². The van der Waals surface area contributed by atoms with Crippen LogP contribution in [0.2, 0.25) is 0 Å². The van der Waals surface area contributed by atoms with Crippen LogP contribution in [0.1, 0.15) is 44.7 Å². The number of aryl methyl sites for hydroxylation is 1. The summed E-state index contributed by atoms with van der Waals surface area (Å²) in [7, 11) is 0. The summed E-state index contributed by atoms with van der Waals surface area (Å²) in [5, 5.41) is 0. The van der Waals surface area contributed by atoms with Gasteiger partial charge in [-0.2, -0.15) is 0 Å². The van der Waals surface area contributed by atoms with E-state index in [0.29, 0.717) is 5.82 Å². The Bertz CT molecular complexity index is 614. The normalized spacial score (nSPS) is 11.8. The second-order valence-corrected chi connectivity index (χ2v) is 7.73. The lowest BCUT2D eigenvalue weighted by atomic mass is 9.95. The van der Waals surface area contributed by atoms with Crippen molar-refractivity contribution in [2.24, 2.45) is 0 Å². The number of halogens is 1. The van der Waals surface area contributed by atoms with Gasteiger partial charge in [0.15, 0.2) is 5.82 Å². The Hall–Kier alpha value is -0.940. The number of anilines is 1. The molecule has 2 rings (SSSR count). The number of nitrogens with two attached hydrogens (primary N) is 1. The Morgan fingerprint density at radius 2 is 1.95 bits per heavy atom. The quantitative estimate of drug-likeness (QED) is 0.861. The fourth-order valence-electron chi connectivity index (χ4n) is 1.89. The highest BCUT2D eigenvalue weighted by atomic mass is 79.9. The molecule has 0 unspecified atom stereocenters. The largest absolute Gasteiger partial charge is 0.383 e. The zero-order valence-corrected chi connectivity index (χ0v) is 14.7. The Labute approximate surface area is 132 Å². The van der Waals surface area contributed by atoms with Crippen molar-refractivity contribution in [1.82, 2.24) is 9.97 Å². The molecule has 2 heterocycles. The standard InChI is InChI=1S/C15H20BrN3S/c1-5-6-9-12(16)13(17)19-14(18-9)10-7-8-11(20-10)15(2,3)4/h7-8H,5-6H2,1-4H3,(H2,17,18,19). The lowest BCUT2D eigenvalue weighted by Gasteiger charge is -2.15. The summed E-state index contributed by atoms with van der Waals surface area (Å²) in [6.07, 6.45) is 1.93. The average molecular weight is 354 g/mol. The third-order valence-electron chi connectivity index (χ3n) is 3.00. The molecule has 20 heavy (non-hydrogen) atoms. The van der Waals surface area contributed by atoms with Crippen molar-refractivity contribution in [2.75, 3.05) is 5.73 Å². The Balaban J connectivity index is 2.45. The highest BCUT2D eigenvalue weighted by Crippen LogP contribution is 2.35. The predicted octanol–water partition coefficient (Wildman–Crippen LogP) is 4.80. The molecule has 0 aliphatic heterocycles. The van der Waals surface area contributed by atoms with Crippen LogP contribution in [-0.2, 0) is 11.8 Å². The zero-order valence-electron chi connectivity index (χ0n) is 12.3. The van der Waals surface area contributed by atoms with Crippen molar-refractivity contribution in [1.29, 1.82) is 0 Å². The van der Waals surface area contributed by atoms with Gasteiger partial charge in [-0.25, -0.2) is 9.97 Å². The van der Waals surface area contributed by atoms with Gasteiger partial charge in [0.05, 0.1) is 15.0 Å². The van der Waals surface area contributed by atoms with Crippen molar-refractivity contribution in [3.05, 3.63) is 27.2 Å². The van der Waals surface area contributed by atoms with Crippen molar-refractivity contribution >= 4 is 33.1 Å². The maximum Gasteiger partial charge on any atom is 0.171 e. The van der Waals surface area contributed by atoms with E-state index in [4.69, 9.17) is 5.73 Å². The number of nitrogen functional groups attached to an aromatic ring is 1. The predicted molar refractivity (Wildman–Crippen MR) is 90.2 cm³/mol. The van der Waals surface area contributed by atoms with E-state index < -0.39 is 0 Å². The van der Waals surface area contributed by atoms with E-state index in [1.165, 1.54) is 4.88 Å². The van der Waals surface area contributed by atoms with Gasteiger partial charge in [0.25, 0.3) is 0 Å². The van der Waals surface area contributed by atoms with E-state index in [0.717, 1.165) is 33.7 Å². The third kappa shape index (κ3) is 3.20. The smallest absolute Gasteiger partial charge is 0.171 e. The van der Waals surface area contributed by atoms with E-state index >= 15 is 0 Å². The first-order valence-electron chi connectivity index (χ1n) is 6.75. The van der Waals surface area contributed by atoms with Crippen LogP contribution in [0.3, 0.4) is 0 Å². The molecule has 2 aromatic heterocycles. The van der Waals surface area contributed by atoms with Crippen LogP contribution in [0.5, 0.6) is 0 Å². The molecule has 0 amide bonds. The SMILES string of the molecule is CCCc1nc(-c2ccc(C(C)(C)C)s2)nc(N)c1Br. The minimum absolute atomic E-state index is 0.149. The highest BCUT2D eigenvalue weighted by molar-refractivity contribution is 9.10. The van der Waals surface area contributed by atoms with Crippen LogP contribution in [0, 0.1) is 0 Å². The first-order chi connectivity index (χ1) is 9.32. The van der Waals surface area contributed by atoms with Crippen molar-refractivity contribution in [3.63, 3.8) is 0 Å². The molecule has 0 aromatic carbocycles. The van der Waals surface area contributed by atoms with Gasteiger partial charge in [-0.05, 0) is 39.9 Å². The minimum atomic E-state index is 0.149. The molecule has 0 spiro atoms. The molecule has 5 heteroatoms. The Kier molecular flexibility index (Phi) is 4.49. The van der Waals surface area contributed by atoms with Gasteiger partial charge in [0, 0.05) is 4.88 Å². The Morgan fingerprint density at radius 3 is 2.50 bits per heavy atom. The average Bonchev–Trinajstić information content (AvgIpc) is 2.84. The first kappa shape index (κ1) is 15.4.